The van der Waals surface area contributed by atoms with Gasteiger partial charge in [0.15, 0.2) is 0 Å². The molecule has 2 unspecified atom stereocenters. The first kappa shape index (κ1) is 11.7. The maximum Gasteiger partial charge on any atom is 0.208 e. The second kappa shape index (κ2) is 5.01. The normalized spacial score (nSPS) is 31.7. The largest absolute Gasteiger partial charge is 0.336 e. The summed E-state index contributed by atoms with van der Waals surface area (Å²) in [6, 6.07) is 1.20. The maximum absolute atomic E-state index is 5.55. The topological polar surface area (TPSA) is 56.9 Å². The fourth-order valence-electron chi connectivity index (χ4n) is 2.85. The molecule has 2 aliphatic heterocycles. The van der Waals surface area contributed by atoms with Crippen molar-refractivity contribution in [2.75, 3.05) is 26.2 Å². The molecule has 0 aliphatic carbocycles. The van der Waals surface area contributed by atoms with Crippen LogP contribution in [0.15, 0.2) is 4.99 Å². The zero-order chi connectivity index (χ0) is 11.5. The third kappa shape index (κ3) is 2.15. The lowest BCUT2D eigenvalue weighted by atomic mass is 10.1. The molecule has 2 atom stereocenters. The van der Waals surface area contributed by atoms with E-state index in [0.717, 1.165) is 25.6 Å². The van der Waals surface area contributed by atoms with E-state index in [1.807, 2.05) is 6.92 Å². The Morgan fingerprint density at radius 1 is 1.50 bits per heavy atom. The monoisotopic (exact) mass is 225 g/mol. The zero-order valence-electron chi connectivity index (χ0n) is 10.3. The summed E-state index contributed by atoms with van der Waals surface area (Å²) in [5, 5.41) is 0. The van der Waals surface area contributed by atoms with Crippen molar-refractivity contribution in [3.63, 3.8) is 0 Å². The van der Waals surface area contributed by atoms with Gasteiger partial charge in [-0.15, -0.1) is 0 Å². The lowest BCUT2D eigenvalue weighted by Crippen LogP contribution is -2.60. The number of hydrogen-bond acceptors (Lipinski definition) is 3. The van der Waals surface area contributed by atoms with Gasteiger partial charge in [-0.05, 0) is 33.2 Å². The molecular formula is C11H23N5. The highest BCUT2D eigenvalue weighted by atomic mass is 15.4. The third-order valence-electron chi connectivity index (χ3n) is 3.65. The van der Waals surface area contributed by atoms with Gasteiger partial charge in [-0.3, -0.25) is 15.3 Å². The van der Waals surface area contributed by atoms with Crippen molar-refractivity contribution in [3.8, 4) is 0 Å². The molecule has 2 aliphatic rings. The van der Waals surface area contributed by atoms with E-state index >= 15 is 0 Å². The van der Waals surface area contributed by atoms with Crippen molar-refractivity contribution in [3.05, 3.63) is 0 Å². The highest BCUT2D eigenvalue weighted by molar-refractivity contribution is 5.79. The van der Waals surface area contributed by atoms with Gasteiger partial charge in [0, 0.05) is 31.7 Å². The second-order valence-corrected chi connectivity index (χ2v) is 4.73. The van der Waals surface area contributed by atoms with Gasteiger partial charge in [0.2, 0.25) is 5.96 Å². The molecule has 2 heterocycles. The predicted octanol–water partition coefficient (Wildman–Crippen LogP) is -0.00590. The number of hydrazine groups is 1. The smallest absolute Gasteiger partial charge is 0.208 e. The molecule has 0 aromatic rings. The fourth-order valence-corrected chi connectivity index (χ4v) is 2.85. The van der Waals surface area contributed by atoms with Crippen molar-refractivity contribution in [1.82, 2.24) is 15.2 Å². The Bertz CT molecular complexity index is 265. The van der Waals surface area contributed by atoms with Gasteiger partial charge >= 0.3 is 0 Å². The minimum Gasteiger partial charge on any atom is -0.336 e. The van der Waals surface area contributed by atoms with Crippen LogP contribution in [-0.2, 0) is 0 Å². The van der Waals surface area contributed by atoms with E-state index < -0.39 is 0 Å². The molecule has 0 bridgehead atoms. The summed E-state index contributed by atoms with van der Waals surface area (Å²) < 4.78 is 0. The highest BCUT2D eigenvalue weighted by Crippen LogP contribution is 2.24. The van der Waals surface area contributed by atoms with Crippen LogP contribution in [-0.4, -0.2) is 54.0 Å². The van der Waals surface area contributed by atoms with E-state index in [1.54, 1.807) is 0 Å². The van der Waals surface area contributed by atoms with Crippen LogP contribution in [0, 0.1) is 0 Å². The second-order valence-electron chi connectivity index (χ2n) is 4.73. The third-order valence-corrected chi connectivity index (χ3v) is 3.65. The van der Waals surface area contributed by atoms with Crippen LogP contribution >= 0.6 is 0 Å². The number of piperazine rings is 1. The van der Waals surface area contributed by atoms with Crippen molar-refractivity contribution in [2.45, 2.75) is 38.8 Å². The Balaban J connectivity index is 2.06. The first-order chi connectivity index (χ1) is 7.76. The molecule has 92 valence electrons. The predicted molar refractivity (Wildman–Crippen MR) is 66.1 cm³/mol. The van der Waals surface area contributed by atoms with Crippen molar-refractivity contribution >= 4 is 5.96 Å². The number of nitrogens with zero attached hydrogens (tertiary/aromatic N) is 3. The van der Waals surface area contributed by atoms with E-state index in [2.05, 4.69) is 27.1 Å². The molecule has 2 saturated heterocycles. The number of fused-ring (bicyclic) bond motifs is 1. The molecule has 3 N–H and O–H groups in total. The maximum atomic E-state index is 5.55. The number of hydrogen-bond donors (Lipinski definition) is 2. The quantitative estimate of drug-likeness (QED) is 0.285. The number of aliphatic imine (C=N–C) groups is 1. The average molecular weight is 225 g/mol. The van der Waals surface area contributed by atoms with Crippen LogP contribution in [0.2, 0.25) is 0 Å². The number of nitrogens with one attached hydrogen (secondary N) is 1. The van der Waals surface area contributed by atoms with E-state index in [-0.39, 0.29) is 0 Å². The van der Waals surface area contributed by atoms with Gasteiger partial charge < -0.3 is 4.90 Å². The molecule has 0 aromatic carbocycles. The Kier molecular flexibility index (Phi) is 3.66. The molecule has 2 rings (SSSR count). The molecule has 5 heteroatoms. The van der Waals surface area contributed by atoms with Crippen LogP contribution in [0.3, 0.4) is 0 Å². The average Bonchev–Trinajstić information content (AvgIpc) is 2.72. The van der Waals surface area contributed by atoms with Gasteiger partial charge in [0.25, 0.3) is 0 Å². The molecule has 5 nitrogen and oxygen atoms in total. The van der Waals surface area contributed by atoms with Crippen LogP contribution < -0.4 is 11.3 Å². The van der Waals surface area contributed by atoms with Gasteiger partial charge in [-0.1, -0.05) is 0 Å². The van der Waals surface area contributed by atoms with E-state index in [9.17, 15) is 0 Å². The Morgan fingerprint density at radius 3 is 3.00 bits per heavy atom. The first-order valence-electron chi connectivity index (χ1n) is 6.28. The molecule has 0 saturated carbocycles. The summed E-state index contributed by atoms with van der Waals surface area (Å²) in [6.45, 7) is 8.51. The SMILES string of the molecule is CCN=C(NN)N1CC2CCCN2CC1C. The Hall–Kier alpha value is -0.810. The minimum atomic E-state index is 0.496. The van der Waals surface area contributed by atoms with Crippen molar-refractivity contribution in [1.29, 1.82) is 0 Å². The Morgan fingerprint density at radius 2 is 2.31 bits per heavy atom. The number of guanidine groups is 1. The lowest BCUT2D eigenvalue weighted by molar-refractivity contribution is 0.106. The Labute approximate surface area is 97.7 Å². The lowest BCUT2D eigenvalue weighted by Gasteiger charge is -2.43. The number of nitrogens with two attached hydrogens (primary N) is 1. The summed E-state index contributed by atoms with van der Waals surface area (Å²) in [4.78, 5) is 9.33. The number of rotatable bonds is 1. The van der Waals surface area contributed by atoms with Crippen LogP contribution in [0.5, 0.6) is 0 Å². The van der Waals surface area contributed by atoms with Crippen molar-refractivity contribution < 1.29 is 0 Å². The first-order valence-corrected chi connectivity index (χ1v) is 6.28. The molecule has 0 radical (unpaired) electrons. The zero-order valence-corrected chi connectivity index (χ0v) is 10.3. The summed E-state index contributed by atoms with van der Waals surface area (Å²) in [6.07, 6.45) is 2.65. The molecule has 0 spiro atoms. The van der Waals surface area contributed by atoms with Crippen LogP contribution in [0.25, 0.3) is 0 Å². The highest BCUT2D eigenvalue weighted by Gasteiger charge is 2.35. The summed E-state index contributed by atoms with van der Waals surface area (Å²) in [5.74, 6) is 6.40. The van der Waals surface area contributed by atoms with Gasteiger partial charge in [-0.25, -0.2) is 5.84 Å². The van der Waals surface area contributed by atoms with E-state index in [1.165, 1.54) is 19.4 Å². The van der Waals surface area contributed by atoms with E-state index in [4.69, 9.17) is 5.84 Å². The van der Waals surface area contributed by atoms with Gasteiger partial charge in [0.05, 0.1) is 0 Å². The van der Waals surface area contributed by atoms with E-state index in [0.29, 0.717) is 12.1 Å². The standard InChI is InChI=1S/C11H23N5/c1-3-13-11(14-12)16-8-10-5-4-6-15(10)7-9(16)2/h9-10H,3-8,12H2,1-2H3,(H,13,14). The summed E-state index contributed by atoms with van der Waals surface area (Å²) in [5.41, 5.74) is 2.74. The fraction of sp³-hybridized carbons (Fsp3) is 0.909. The summed E-state index contributed by atoms with van der Waals surface area (Å²) in [7, 11) is 0. The molecule has 0 aromatic heterocycles. The molecule has 0 amide bonds. The molecular weight excluding hydrogens is 202 g/mol. The molecule has 16 heavy (non-hydrogen) atoms. The van der Waals surface area contributed by atoms with Crippen LogP contribution in [0.1, 0.15) is 26.7 Å². The summed E-state index contributed by atoms with van der Waals surface area (Å²) >= 11 is 0. The van der Waals surface area contributed by atoms with Crippen molar-refractivity contribution in [2.24, 2.45) is 10.8 Å². The van der Waals surface area contributed by atoms with Gasteiger partial charge in [0.1, 0.15) is 0 Å². The van der Waals surface area contributed by atoms with Crippen LogP contribution in [0.4, 0.5) is 0 Å². The minimum absolute atomic E-state index is 0.496. The molecule has 2 fully saturated rings. The van der Waals surface area contributed by atoms with Gasteiger partial charge in [-0.2, -0.15) is 0 Å².